The Hall–Kier alpha value is -0.380. The molecule has 104 valence electrons. The monoisotopic (exact) mass is 322 g/mol. The van der Waals surface area contributed by atoms with Gasteiger partial charge in [0, 0.05) is 29.6 Å². The lowest BCUT2D eigenvalue weighted by Gasteiger charge is -2.28. The van der Waals surface area contributed by atoms with Gasteiger partial charge in [-0.15, -0.1) is 0 Å². The number of nitrogens with zero attached hydrogens (tertiary/aromatic N) is 1. The molecule has 1 aromatic rings. The molecule has 4 atom stereocenters. The second kappa shape index (κ2) is 5.55. The molecule has 3 heteroatoms. The van der Waals surface area contributed by atoms with E-state index >= 15 is 0 Å². The first-order valence-corrected chi connectivity index (χ1v) is 8.23. The average molecular weight is 323 g/mol. The molecule has 2 N–H and O–H groups in total. The van der Waals surface area contributed by atoms with Crippen molar-refractivity contribution in [3.8, 4) is 0 Å². The van der Waals surface area contributed by atoms with E-state index in [0.29, 0.717) is 12.1 Å². The standard InChI is InChI=1S/C16H23BrN2/c1-2-16(11-3-6-13(17)7-4-11)19-9-12-5-8-15(18)14(12)10-19/h3-4,6-7,12,14-16H,2,5,8-10,18H2,1H3. The molecule has 3 rings (SSSR count). The molecule has 4 unspecified atom stereocenters. The summed E-state index contributed by atoms with van der Waals surface area (Å²) >= 11 is 3.52. The Bertz CT molecular complexity index is 431. The van der Waals surface area contributed by atoms with Gasteiger partial charge < -0.3 is 5.73 Å². The fraction of sp³-hybridized carbons (Fsp3) is 0.625. The minimum atomic E-state index is 0.442. The first-order valence-electron chi connectivity index (χ1n) is 7.44. The Labute approximate surface area is 124 Å². The van der Waals surface area contributed by atoms with Gasteiger partial charge in [0.25, 0.3) is 0 Å². The van der Waals surface area contributed by atoms with Crippen molar-refractivity contribution in [3.05, 3.63) is 34.3 Å². The van der Waals surface area contributed by atoms with Gasteiger partial charge in [-0.25, -0.2) is 0 Å². The van der Waals surface area contributed by atoms with Gasteiger partial charge in [0.2, 0.25) is 0 Å². The molecular formula is C16H23BrN2. The van der Waals surface area contributed by atoms with Crippen LogP contribution in [0.1, 0.15) is 37.8 Å². The highest BCUT2D eigenvalue weighted by Gasteiger charge is 2.42. The molecule has 0 spiro atoms. The van der Waals surface area contributed by atoms with E-state index in [1.54, 1.807) is 0 Å². The van der Waals surface area contributed by atoms with E-state index in [4.69, 9.17) is 5.73 Å². The molecule has 0 radical (unpaired) electrons. The van der Waals surface area contributed by atoms with Crippen molar-refractivity contribution in [2.45, 2.75) is 38.3 Å². The van der Waals surface area contributed by atoms with E-state index in [-0.39, 0.29) is 0 Å². The lowest BCUT2D eigenvalue weighted by molar-refractivity contribution is 0.218. The second-order valence-corrected chi connectivity index (χ2v) is 7.01. The molecule has 1 saturated heterocycles. The van der Waals surface area contributed by atoms with Gasteiger partial charge in [-0.2, -0.15) is 0 Å². The molecule has 19 heavy (non-hydrogen) atoms. The number of hydrogen-bond donors (Lipinski definition) is 1. The molecule has 1 aromatic carbocycles. The number of benzene rings is 1. The van der Waals surface area contributed by atoms with Crippen LogP contribution in [0, 0.1) is 11.8 Å². The summed E-state index contributed by atoms with van der Waals surface area (Å²) in [7, 11) is 0. The predicted octanol–water partition coefficient (Wildman–Crippen LogP) is 3.57. The highest BCUT2D eigenvalue weighted by Crippen LogP contribution is 2.41. The van der Waals surface area contributed by atoms with Gasteiger partial charge in [-0.05, 0) is 48.8 Å². The summed E-state index contributed by atoms with van der Waals surface area (Å²) < 4.78 is 1.16. The molecule has 0 bridgehead atoms. The number of rotatable bonds is 3. The number of hydrogen-bond acceptors (Lipinski definition) is 2. The summed E-state index contributed by atoms with van der Waals surface area (Å²) in [6, 6.07) is 9.82. The maximum Gasteiger partial charge on any atom is 0.0345 e. The van der Waals surface area contributed by atoms with E-state index in [1.807, 2.05) is 0 Å². The summed E-state index contributed by atoms with van der Waals surface area (Å²) in [6.07, 6.45) is 3.74. The molecule has 1 heterocycles. The van der Waals surface area contributed by atoms with Gasteiger partial charge in [-0.3, -0.25) is 4.90 Å². The van der Waals surface area contributed by atoms with Gasteiger partial charge in [-0.1, -0.05) is 35.0 Å². The first-order chi connectivity index (χ1) is 9.19. The van der Waals surface area contributed by atoms with Crippen molar-refractivity contribution in [2.75, 3.05) is 13.1 Å². The third-order valence-electron chi connectivity index (χ3n) is 5.02. The number of halogens is 1. The topological polar surface area (TPSA) is 29.3 Å². The van der Waals surface area contributed by atoms with Crippen LogP contribution in [0.2, 0.25) is 0 Å². The smallest absolute Gasteiger partial charge is 0.0345 e. The van der Waals surface area contributed by atoms with Crippen molar-refractivity contribution in [1.82, 2.24) is 4.90 Å². The maximum absolute atomic E-state index is 6.25. The Kier molecular flexibility index (Phi) is 3.97. The largest absolute Gasteiger partial charge is 0.327 e. The van der Waals surface area contributed by atoms with Crippen LogP contribution in [0.25, 0.3) is 0 Å². The fourth-order valence-corrected chi connectivity index (χ4v) is 4.25. The summed E-state index contributed by atoms with van der Waals surface area (Å²) in [6.45, 7) is 4.73. The predicted molar refractivity (Wildman–Crippen MR) is 82.9 cm³/mol. The lowest BCUT2D eigenvalue weighted by atomic mass is 9.98. The zero-order chi connectivity index (χ0) is 13.4. The van der Waals surface area contributed by atoms with E-state index < -0.39 is 0 Å². The average Bonchev–Trinajstić information content (AvgIpc) is 2.96. The van der Waals surface area contributed by atoms with Crippen LogP contribution in [0.5, 0.6) is 0 Å². The van der Waals surface area contributed by atoms with Crippen LogP contribution in [0.4, 0.5) is 0 Å². The highest BCUT2D eigenvalue weighted by atomic mass is 79.9. The molecular weight excluding hydrogens is 300 g/mol. The molecule has 0 amide bonds. The molecule has 1 aliphatic heterocycles. The molecule has 2 aliphatic rings. The third kappa shape index (κ3) is 2.61. The molecule has 0 aromatic heterocycles. The van der Waals surface area contributed by atoms with E-state index in [0.717, 1.165) is 16.3 Å². The third-order valence-corrected chi connectivity index (χ3v) is 5.55. The van der Waals surface area contributed by atoms with Crippen LogP contribution >= 0.6 is 15.9 Å². The number of nitrogens with two attached hydrogens (primary N) is 1. The maximum atomic E-state index is 6.25. The Morgan fingerprint density at radius 2 is 2.00 bits per heavy atom. The van der Waals surface area contributed by atoms with Crippen molar-refractivity contribution < 1.29 is 0 Å². The Morgan fingerprint density at radius 3 is 2.63 bits per heavy atom. The Balaban J connectivity index is 1.75. The van der Waals surface area contributed by atoms with Crippen molar-refractivity contribution >= 4 is 15.9 Å². The fourth-order valence-electron chi connectivity index (χ4n) is 3.99. The van der Waals surface area contributed by atoms with Gasteiger partial charge in [0.15, 0.2) is 0 Å². The summed E-state index contributed by atoms with van der Waals surface area (Å²) in [5, 5.41) is 0. The molecule has 2 fully saturated rings. The van der Waals surface area contributed by atoms with E-state index in [1.165, 1.54) is 37.9 Å². The second-order valence-electron chi connectivity index (χ2n) is 6.09. The number of fused-ring (bicyclic) bond motifs is 1. The molecule has 2 nitrogen and oxygen atoms in total. The highest BCUT2D eigenvalue weighted by molar-refractivity contribution is 9.10. The minimum absolute atomic E-state index is 0.442. The zero-order valence-corrected chi connectivity index (χ0v) is 13.1. The minimum Gasteiger partial charge on any atom is -0.327 e. The van der Waals surface area contributed by atoms with Crippen molar-refractivity contribution in [1.29, 1.82) is 0 Å². The van der Waals surface area contributed by atoms with Crippen LogP contribution in [-0.2, 0) is 0 Å². The number of likely N-dealkylation sites (tertiary alicyclic amines) is 1. The van der Waals surface area contributed by atoms with Crippen LogP contribution in [0.3, 0.4) is 0 Å². The normalized spacial score (nSPS) is 32.5. The van der Waals surface area contributed by atoms with E-state index in [2.05, 4.69) is 52.0 Å². The van der Waals surface area contributed by atoms with Crippen molar-refractivity contribution in [2.24, 2.45) is 17.6 Å². The van der Waals surface area contributed by atoms with Gasteiger partial charge >= 0.3 is 0 Å². The Morgan fingerprint density at radius 1 is 1.26 bits per heavy atom. The van der Waals surface area contributed by atoms with Crippen LogP contribution in [-0.4, -0.2) is 24.0 Å². The van der Waals surface area contributed by atoms with Gasteiger partial charge in [0.1, 0.15) is 0 Å². The zero-order valence-electron chi connectivity index (χ0n) is 11.6. The van der Waals surface area contributed by atoms with Gasteiger partial charge in [0.05, 0.1) is 0 Å². The van der Waals surface area contributed by atoms with Crippen LogP contribution in [0.15, 0.2) is 28.7 Å². The lowest BCUT2D eigenvalue weighted by Crippen LogP contribution is -2.32. The SMILES string of the molecule is CCC(c1ccc(Br)cc1)N1CC2CCC(N)C2C1. The van der Waals surface area contributed by atoms with Crippen LogP contribution < -0.4 is 5.73 Å². The van der Waals surface area contributed by atoms with Crippen molar-refractivity contribution in [3.63, 3.8) is 0 Å². The van der Waals surface area contributed by atoms with E-state index in [9.17, 15) is 0 Å². The first kappa shape index (κ1) is 13.6. The summed E-state index contributed by atoms with van der Waals surface area (Å²) in [5.41, 5.74) is 7.69. The molecule has 1 aliphatic carbocycles. The quantitative estimate of drug-likeness (QED) is 0.921. The molecule has 1 saturated carbocycles. The summed E-state index contributed by atoms with van der Waals surface area (Å²) in [4.78, 5) is 2.66. The summed E-state index contributed by atoms with van der Waals surface area (Å²) in [5.74, 6) is 1.59.